The van der Waals surface area contributed by atoms with Crippen LogP contribution in [0.25, 0.3) is 5.65 Å². The molecule has 4 rings (SSSR count). The summed E-state index contributed by atoms with van der Waals surface area (Å²) >= 11 is 0. The number of hydrogen-bond acceptors (Lipinski definition) is 4. The van der Waals surface area contributed by atoms with E-state index in [2.05, 4.69) is 55.0 Å². The highest BCUT2D eigenvalue weighted by Gasteiger charge is 2.10. The second kappa shape index (κ2) is 10.2. The smallest absolute Gasteiger partial charge is 0.191 e. The zero-order valence-corrected chi connectivity index (χ0v) is 17.7. The number of guanidine groups is 1. The van der Waals surface area contributed by atoms with Gasteiger partial charge in [0, 0.05) is 26.3 Å². The first-order chi connectivity index (χ1) is 14.8. The van der Waals surface area contributed by atoms with E-state index < -0.39 is 0 Å². The Bertz CT molecular complexity index is 970. The molecule has 0 radical (unpaired) electrons. The van der Waals surface area contributed by atoms with E-state index in [1.54, 1.807) is 7.05 Å². The normalized spacial score (nSPS) is 15.8. The van der Waals surface area contributed by atoms with Crippen LogP contribution in [0.5, 0.6) is 0 Å². The molecule has 1 saturated heterocycles. The predicted octanol–water partition coefficient (Wildman–Crippen LogP) is 2.97. The summed E-state index contributed by atoms with van der Waals surface area (Å²) in [6.07, 6.45) is 7.36. The van der Waals surface area contributed by atoms with Gasteiger partial charge in [-0.1, -0.05) is 43.2 Å². The third-order valence-corrected chi connectivity index (χ3v) is 5.58. The van der Waals surface area contributed by atoms with Gasteiger partial charge in [-0.3, -0.25) is 14.3 Å². The molecular formula is C23H31N7. The summed E-state index contributed by atoms with van der Waals surface area (Å²) in [4.78, 5) is 6.92. The van der Waals surface area contributed by atoms with Gasteiger partial charge in [-0.25, -0.2) is 0 Å². The number of benzene rings is 1. The third-order valence-electron chi connectivity index (χ3n) is 5.58. The fourth-order valence-electron chi connectivity index (χ4n) is 3.97. The van der Waals surface area contributed by atoms with E-state index in [1.807, 2.05) is 28.8 Å². The van der Waals surface area contributed by atoms with Crippen LogP contribution in [-0.4, -0.2) is 45.6 Å². The molecule has 2 N–H and O–H groups in total. The Hall–Kier alpha value is -2.93. The maximum absolute atomic E-state index is 4.34. The predicted molar refractivity (Wildman–Crippen MR) is 120 cm³/mol. The molecule has 0 aliphatic carbocycles. The van der Waals surface area contributed by atoms with Gasteiger partial charge >= 0.3 is 0 Å². The molecule has 158 valence electrons. The fraction of sp³-hybridized carbons (Fsp3) is 0.435. The van der Waals surface area contributed by atoms with Crippen LogP contribution >= 0.6 is 0 Å². The van der Waals surface area contributed by atoms with Crippen molar-refractivity contribution in [3.63, 3.8) is 0 Å². The fourth-order valence-corrected chi connectivity index (χ4v) is 3.97. The average Bonchev–Trinajstić information content (AvgIpc) is 3.01. The lowest BCUT2D eigenvalue weighted by molar-refractivity contribution is 0.277. The highest BCUT2D eigenvalue weighted by atomic mass is 15.3. The highest BCUT2D eigenvalue weighted by Crippen LogP contribution is 2.14. The largest absolute Gasteiger partial charge is 0.352 e. The zero-order chi connectivity index (χ0) is 20.6. The Labute approximate surface area is 178 Å². The van der Waals surface area contributed by atoms with Gasteiger partial charge in [-0.2, -0.15) is 0 Å². The van der Waals surface area contributed by atoms with Crippen molar-refractivity contribution in [2.45, 2.75) is 45.3 Å². The first kappa shape index (κ1) is 20.3. The van der Waals surface area contributed by atoms with Crippen molar-refractivity contribution >= 4 is 11.6 Å². The quantitative estimate of drug-likeness (QED) is 0.487. The number of rotatable bonds is 6. The van der Waals surface area contributed by atoms with Crippen molar-refractivity contribution in [2.75, 3.05) is 20.1 Å². The molecule has 1 aliphatic heterocycles. The molecule has 7 nitrogen and oxygen atoms in total. The Morgan fingerprint density at radius 2 is 1.73 bits per heavy atom. The van der Waals surface area contributed by atoms with Crippen molar-refractivity contribution in [3.8, 4) is 0 Å². The van der Waals surface area contributed by atoms with Gasteiger partial charge in [0.2, 0.25) is 0 Å². The number of likely N-dealkylation sites (tertiary alicyclic amines) is 1. The van der Waals surface area contributed by atoms with Gasteiger partial charge in [-0.15, -0.1) is 10.2 Å². The minimum atomic E-state index is 0.555. The molecule has 1 aromatic carbocycles. The number of hydrogen-bond donors (Lipinski definition) is 2. The Balaban J connectivity index is 1.30. The van der Waals surface area contributed by atoms with Crippen molar-refractivity contribution in [2.24, 2.45) is 4.99 Å². The monoisotopic (exact) mass is 405 g/mol. The van der Waals surface area contributed by atoms with Crippen LogP contribution in [0.15, 0.2) is 53.7 Å². The summed E-state index contributed by atoms with van der Waals surface area (Å²) < 4.78 is 1.98. The number of aromatic nitrogens is 3. The van der Waals surface area contributed by atoms with E-state index >= 15 is 0 Å². The van der Waals surface area contributed by atoms with Crippen LogP contribution < -0.4 is 10.6 Å². The molecule has 0 saturated carbocycles. The molecule has 0 unspecified atom stereocenters. The number of fused-ring (bicyclic) bond motifs is 1. The SMILES string of the molecule is CN=C(NCc1cccc(CN2CCCCCC2)c1)NCc1nnc2ccccn12. The van der Waals surface area contributed by atoms with Gasteiger partial charge in [0.1, 0.15) is 0 Å². The Morgan fingerprint density at radius 3 is 2.57 bits per heavy atom. The summed E-state index contributed by atoms with van der Waals surface area (Å²) in [5.74, 6) is 1.61. The minimum Gasteiger partial charge on any atom is -0.352 e. The maximum Gasteiger partial charge on any atom is 0.191 e. The van der Waals surface area contributed by atoms with Gasteiger partial charge in [0.25, 0.3) is 0 Å². The third kappa shape index (κ3) is 5.36. The molecule has 0 spiro atoms. The number of nitrogens with one attached hydrogen (secondary N) is 2. The van der Waals surface area contributed by atoms with Crippen molar-refractivity contribution < 1.29 is 0 Å². The average molecular weight is 406 g/mol. The molecule has 3 aromatic rings. The van der Waals surface area contributed by atoms with Crippen LogP contribution in [0.3, 0.4) is 0 Å². The molecule has 0 bridgehead atoms. The molecule has 0 atom stereocenters. The van der Waals surface area contributed by atoms with Crippen molar-refractivity contribution in [3.05, 3.63) is 65.6 Å². The maximum atomic E-state index is 4.34. The zero-order valence-electron chi connectivity index (χ0n) is 17.7. The van der Waals surface area contributed by atoms with Crippen LogP contribution in [-0.2, 0) is 19.6 Å². The van der Waals surface area contributed by atoms with Crippen LogP contribution in [0.4, 0.5) is 0 Å². The molecule has 1 aliphatic rings. The summed E-state index contributed by atoms with van der Waals surface area (Å²) in [5, 5.41) is 15.2. The Kier molecular flexibility index (Phi) is 6.92. The minimum absolute atomic E-state index is 0.555. The van der Waals surface area contributed by atoms with Crippen molar-refractivity contribution in [1.29, 1.82) is 0 Å². The lowest BCUT2D eigenvalue weighted by atomic mass is 10.1. The highest BCUT2D eigenvalue weighted by molar-refractivity contribution is 5.79. The first-order valence-corrected chi connectivity index (χ1v) is 10.8. The number of pyridine rings is 1. The topological polar surface area (TPSA) is 69.8 Å². The van der Waals surface area contributed by atoms with E-state index in [0.29, 0.717) is 6.54 Å². The van der Waals surface area contributed by atoms with Gasteiger partial charge in [-0.05, 0) is 49.2 Å². The molecular weight excluding hydrogens is 374 g/mol. The lowest BCUT2D eigenvalue weighted by Crippen LogP contribution is -2.36. The lowest BCUT2D eigenvalue weighted by Gasteiger charge is -2.20. The number of aliphatic imine (C=N–C) groups is 1. The molecule has 30 heavy (non-hydrogen) atoms. The van der Waals surface area contributed by atoms with Gasteiger partial charge in [0.05, 0.1) is 6.54 Å². The van der Waals surface area contributed by atoms with Crippen LogP contribution in [0, 0.1) is 0 Å². The van der Waals surface area contributed by atoms with Crippen molar-refractivity contribution in [1.82, 2.24) is 30.1 Å². The van der Waals surface area contributed by atoms with Crippen LogP contribution in [0.1, 0.15) is 42.6 Å². The standard InChI is InChI=1S/C23H31N7/c1-24-23(26-17-22-28-27-21-11-4-7-14-30(21)22)25-16-19-9-8-10-20(15-19)18-29-12-5-2-3-6-13-29/h4,7-11,14-15H,2-3,5-6,12-13,16-18H2,1H3,(H2,24,25,26). The first-order valence-electron chi connectivity index (χ1n) is 10.8. The summed E-state index contributed by atoms with van der Waals surface area (Å²) in [6, 6.07) is 14.7. The van der Waals surface area contributed by atoms with E-state index in [4.69, 9.17) is 0 Å². The van der Waals surface area contributed by atoms with E-state index in [-0.39, 0.29) is 0 Å². The molecule has 0 amide bonds. The second-order valence-corrected chi connectivity index (χ2v) is 7.83. The second-order valence-electron chi connectivity index (χ2n) is 7.83. The van der Waals surface area contributed by atoms with Gasteiger partial charge in [0.15, 0.2) is 17.4 Å². The summed E-state index contributed by atoms with van der Waals surface area (Å²) in [6.45, 7) is 4.77. The van der Waals surface area contributed by atoms with E-state index in [0.717, 1.165) is 30.5 Å². The molecule has 2 aromatic heterocycles. The molecule has 3 heterocycles. The molecule has 1 fully saturated rings. The van der Waals surface area contributed by atoms with E-state index in [9.17, 15) is 0 Å². The summed E-state index contributed by atoms with van der Waals surface area (Å²) in [5.41, 5.74) is 3.49. The summed E-state index contributed by atoms with van der Waals surface area (Å²) in [7, 11) is 1.78. The van der Waals surface area contributed by atoms with Gasteiger partial charge < -0.3 is 10.6 Å². The number of nitrogens with zero attached hydrogens (tertiary/aromatic N) is 5. The van der Waals surface area contributed by atoms with Crippen LogP contribution in [0.2, 0.25) is 0 Å². The molecule has 7 heteroatoms. The Morgan fingerprint density at radius 1 is 0.933 bits per heavy atom. The van der Waals surface area contributed by atoms with E-state index in [1.165, 1.54) is 49.9 Å².